The van der Waals surface area contributed by atoms with Crippen LogP contribution in [-0.4, -0.2) is 51.0 Å². The first-order valence-corrected chi connectivity index (χ1v) is 7.92. The molecule has 11 heteroatoms. The Morgan fingerprint density at radius 3 is 2.80 bits per heavy atom. The fraction of sp³-hybridized carbons (Fsp3) is 0.571. The van der Waals surface area contributed by atoms with Gasteiger partial charge in [0.1, 0.15) is 25.7 Å². The van der Waals surface area contributed by atoms with Gasteiger partial charge in [0.2, 0.25) is 0 Å². The Morgan fingerprint density at radius 2 is 2.04 bits per heavy atom. The number of esters is 1. The van der Waals surface area contributed by atoms with Crippen LogP contribution in [-0.2, 0) is 21.0 Å². The second kappa shape index (κ2) is 9.11. The van der Waals surface area contributed by atoms with Crippen molar-refractivity contribution in [2.45, 2.75) is 32.0 Å². The molecule has 2 rings (SSSR count). The van der Waals surface area contributed by atoms with Crippen LogP contribution in [0.3, 0.4) is 0 Å². The number of nitrogen functional groups attached to an aromatic ring is 1. The molecule has 2 aromatic heterocycles. The Bertz CT molecular complexity index is 757. The van der Waals surface area contributed by atoms with Crippen molar-refractivity contribution < 1.29 is 14.3 Å². The minimum Gasteiger partial charge on any atom is -0.462 e. The summed E-state index contributed by atoms with van der Waals surface area (Å²) in [5.41, 5.74) is 11.2. The molecule has 0 aliphatic carbocycles. The van der Waals surface area contributed by atoms with E-state index in [0.29, 0.717) is 18.6 Å². The van der Waals surface area contributed by atoms with E-state index >= 15 is 0 Å². The normalized spacial score (nSPS) is 12.4. The standard InChI is InChI=1S/C14H23N7O4/c15-4-2-1-3-10(16)14(23)25-6-5-24-9-20-7-18-11-12(20)19-8-21(17)13(11)22/h7-8,10H,1-6,9,15-17H2. The van der Waals surface area contributed by atoms with Crippen LogP contribution in [0.15, 0.2) is 17.4 Å². The number of ether oxygens (including phenoxy) is 2. The lowest BCUT2D eigenvalue weighted by Crippen LogP contribution is -2.33. The Balaban J connectivity index is 1.72. The number of rotatable bonds is 10. The van der Waals surface area contributed by atoms with Gasteiger partial charge in [-0.2, -0.15) is 0 Å². The highest BCUT2D eigenvalue weighted by Crippen LogP contribution is 2.04. The number of carbonyl (C=O) groups excluding carboxylic acids is 1. The summed E-state index contributed by atoms with van der Waals surface area (Å²) < 4.78 is 12.8. The van der Waals surface area contributed by atoms with Gasteiger partial charge in [-0.3, -0.25) is 14.2 Å². The third-order valence-electron chi connectivity index (χ3n) is 3.53. The molecule has 0 aromatic carbocycles. The fourth-order valence-corrected chi connectivity index (χ4v) is 2.15. The van der Waals surface area contributed by atoms with E-state index < -0.39 is 17.6 Å². The lowest BCUT2D eigenvalue weighted by atomic mass is 10.1. The first-order valence-electron chi connectivity index (χ1n) is 7.92. The Labute approximate surface area is 143 Å². The van der Waals surface area contributed by atoms with Gasteiger partial charge >= 0.3 is 5.97 Å². The molecule has 0 aliphatic heterocycles. The molecule has 2 aromatic rings. The summed E-state index contributed by atoms with van der Waals surface area (Å²) in [7, 11) is 0. The molecule has 0 saturated carbocycles. The molecule has 0 fully saturated rings. The van der Waals surface area contributed by atoms with Gasteiger partial charge in [0.15, 0.2) is 11.2 Å². The predicted octanol–water partition coefficient (Wildman–Crippen LogP) is -1.72. The van der Waals surface area contributed by atoms with Crippen LogP contribution in [0.2, 0.25) is 0 Å². The van der Waals surface area contributed by atoms with E-state index in [2.05, 4.69) is 9.97 Å². The highest BCUT2D eigenvalue weighted by Gasteiger charge is 2.14. The zero-order chi connectivity index (χ0) is 18.2. The molecule has 2 heterocycles. The minimum absolute atomic E-state index is 0.0824. The van der Waals surface area contributed by atoms with E-state index in [4.69, 9.17) is 26.8 Å². The van der Waals surface area contributed by atoms with Gasteiger partial charge in [-0.1, -0.05) is 6.42 Å². The van der Waals surface area contributed by atoms with Crippen LogP contribution in [0, 0.1) is 0 Å². The van der Waals surface area contributed by atoms with Crippen LogP contribution in [0.25, 0.3) is 11.2 Å². The number of nitrogens with zero attached hydrogens (tertiary/aromatic N) is 4. The van der Waals surface area contributed by atoms with Crippen molar-refractivity contribution in [2.75, 3.05) is 25.6 Å². The summed E-state index contributed by atoms with van der Waals surface area (Å²) in [6.07, 6.45) is 4.79. The molecule has 6 N–H and O–H groups in total. The smallest absolute Gasteiger partial charge is 0.322 e. The van der Waals surface area contributed by atoms with E-state index in [1.165, 1.54) is 12.7 Å². The molecule has 0 amide bonds. The first kappa shape index (κ1) is 18.8. The second-order valence-corrected chi connectivity index (χ2v) is 5.44. The first-order chi connectivity index (χ1) is 12.0. The predicted molar refractivity (Wildman–Crippen MR) is 89.7 cm³/mol. The fourth-order valence-electron chi connectivity index (χ4n) is 2.15. The summed E-state index contributed by atoms with van der Waals surface area (Å²) in [4.78, 5) is 31.4. The lowest BCUT2D eigenvalue weighted by Gasteiger charge is -2.11. The molecule has 0 bridgehead atoms. The summed E-state index contributed by atoms with van der Waals surface area (Å²) in [6, 6.07) is -0.647. The maximum atomic E-state index is 11.8. The minimum atomic E-state index is -0.647. The molecular formula is C14H23N7O4. The average Bonchev–Trinajstić information content (AvgIpc) is 3.01. The summed E-state index contributed by atoms with van der Waals surface area (Å²) >= 11 is 0. The van der Waals surface area contributed by atoms with Crippen LogP contribution < -0.4 is 22.9 Å². The Hall–Kier alpha value is -2.50. The summed E-state index contributed by atoms with van der Waals surface area (Å²) in [5.74, 6) is 4.96. The quantitative estimate of drug-likeness (QED) is 0.256. The van der Waals surface area contributed by atoms with E-state index in [1.54, 1.807) is 4.57 Å². The summed E-state index contributed by atoms with van der Waals surface area (Å²) in [6.45, 7) is 0.943. The number of fused-ring (bicyclic) bond motifs is 1. The van der Waals surface area contributed by atoms with E-state index in [1.807, 2.05) is 0 Å². The van der Waals surface area contributed by atoms with Crippen molar-refractivity contribution in [2.24, 2.45) is 11.5 Å². The van der Waals surface area contributed by atoms with Crippen molar-refractivity contribution in [3.63, 3.8) is 0 Å². The van der Waals surface area contributed by atoms with Crippen LogP contribution >= 0.6 is 0 Å². The number of aromatic nitrogens is 4. The molecular weight excluding hydrogens is 330 g/mol. The van der Waals surface area contributed by atoms with Crippen LogP contribution in [0.4, 0.5) is 0 Å². The number of hydrogen-bond acceptors (Lipinski definition) is 9. The van der Waals surface area contributed by atoms with Gasteiger partial charge in [-0.05, 0) is 19.4 Å². The van der Waals surface area contributed by atoms with E-state index in [-0.39, 0.29) is 25.5 Å². The topological polar surface area (TPSA) is 166 Å². The van der Waals surface area contributed by atoms with Crippen molar-refractivity contribution in [1.29, 1.82) is 0 Å². The Kier molecular flexibility index (Phi) is 6.86. The molecule has 11 nitrogen and oxygen atoms in total. The molecule has 138 valence electrons. The maximum absolute atomic E-state index is 11.8. The van der Waals surface area contributed by atoms with Gasteiger partial charge < -0.3 is 26.8 Å². The maximum Gasteiger partial charge on any atom is 0.322 e. The van der Waals surface area contributed by atoms with Crippen LogP contribution in [0.5, 0.6) is 0 Å². The highest BCUT2D eigenvalue weighted by atomic mass is 16.6. The van der Waals surface area contributed by atoms with Gasteiger partial charge in [0, 0.05) is 0 Å². The molecule has 0 spiro atoms. The lowest BCUT2D eigenvalue weighted by molar-refractivity contribution is -0.147. The zero-order valence-electron chi connectivity index (χ0n) is 13.8. The molecule has 0 saturated heterocycles. The number of hydrogen-bond donors (Lipinski definition) is 3. The second-order valence-electron chi connectivity index (χ2n) is 5.44. The zero-order valence-corrected chi connectivity index (χ0v) is 13.8. The van der Waals surface area contributed by atoms with Gasteiger partial charge in [-0.15, -0.1) is 0 Å². The average molecular weight is 353 g/mol. The van der Waals surface area contributed by atoms with E-state index in [9.17, 15) is 9.59 Å². The van der Waals surface area contributed by atoms with Crippen molar-refractivity contribution in [1.82, 2.24) is 19.2 Å². The van der Waals surface area contributed by atoms with Crippen molar-refractivity contribution >= 4 is 17.1 Å². The van der Waals surface area contributed by atoms with Crippen LogP contribution in [0.1, 0.15) is 19.3 Å². The van der Waals surface area contributed by atoms with Gasteiger partial charge in [0.25, 0.3) is 5.56 Å². The third-order valence-corrected chi connectivity index (χ3v) is 3.53. The van der Waals surface area contributed by atoms with Gasteiger partial charge in [-0.25, -0.2) is 14.6 Å². The number of unbranched alkanes of at least 4 members (excludes halogenated alkanes) is 1. The Morgan fingerprint density at radius 1 is 1.24 bits per heavy atom. The number of imidazole rings is 1. The molecule has 0 radical (unpaired) electrons. The van der Waals surface area contributed by atoms with Gasteiger partial charge in [0.05, 0.1) is 12.9 Å². The molecule has 25 heavy (non-hydrogen) atoms. The summed E-state index contributed by atoms with van der Waals surface area (Å²) in [5, 5.41) is 0. The largest absolute Gasteiger partial charge is 0.462 e. The van der Waals surface area contributed by atoms with Crippen molar-refractivity contribution in [3.8, 4) is 0 Å². The number of nitrogens with two attached hydrogens (primary N) is 3. The van der Waals surface area contributed by atoms with Crippen molar-refractivity contribution in [3.05, 3.63) is 23.0 Å². The highest BCUT2D eigenvalue weighted by molar-refractivity contribution is 5.75. The molecule has 0 aliphatic rings. The molecule has 1 atom stereocenters. The monoisotopic (exact) mass is 353 g/mol. The van der Waals surface area contributed by atoms with E-state index in [0.717, 1.165) is 17.5 Å². The SMILES string of the molecule is NCCCCC(N)C(=O)OCCOCn1cnc2c(=O)n(N)cnc21. The number of carbonyl (C=O) groups is 1. The third kappa shape index (κ3) is 4.98. The molecule has 1 unspecified atom stereocenters.